The fourth-order valence-corrected chi connectivity index (χ4v) is 2.13. The second kappa shape index (κ2) is 6.15. The minimum Gasteiger partial charge on any atom is -0.489 e. The maximum atomic E-state index is 13.4. The van der Waals surface area contributed by atoms with Gasteiger partial charge in [-0.25, -0.2) is 9.18 Å². The van der Waals surface area contributed by atoms with Gasteiger partial charge in [0.2, 0.25) is 0 Å². The van der Waals surface area contributed by atoms with Gasteiger partial charge in [-0.15, -0.1) is 0 Å². The Kier molecular flexibility index (Phi) is 4.30. The van der Waals surface area contributed by atoms with Crippen LogP contribution in [0.2, 0.25) is 0 Å². The van der Waals surface area contributed by atoms with Crippen molar-refractivity contribution in [3.8, 4) is 5.75 Å². The Hall–Kier alpha value is -2.14. The summed E-state index contributed by atoms with van der Waals surface area (Å²) in [4.78, 5) is 10.4. The third kappa shape index (κ3) is 4.22. The van der Waals surface area contributed by atoms with Gasteiger partial charge in [0.25, 0.3) is 0 Å². The lowest BCUT2D eigenvalue weighted by Gasteiger charge is -2.06. The number of halogens is 1. The van der Waals surface area contributed by atoms with Crippen LogP contribution in [0.5, 0.6) is 5.75 Å². The molecular weight excluding hydrogens is 267 g/mol. The minimum absolute atomic E-state index is 0.356. The summed E-state index contributed by atoms with van der Waals surface area (Å²) in [7, 11) is 0. The molecule has 2 aromatic rings. The number of carboxylic acid groups (broad SMARTS) is 1. The molecule has 0 saturated carbocycles. The van der Waals surface area contributed by atoms with Crippen molar-refractivity contribution in [1.82, 2.24) is 0 Å². The fraction of sp³-hybridized carbons (Fsp3) is 0.0714. The van der Waals surface area contributed by atoms with Crippen molar-refractivity contribution in [1.29, 1.82) is 0 Å². The van der Waals surface area contributed by atoms with Crippen LogP contribution in [0.25, 0.3) is 6.08 Å². The minimum atomic E-state index is -1.08. The number of aliphatic carboxylic acids is 1. The zero-order chi connectivity index (χ0) is 13.7. The topological polar surface area (TPSA) is 46.5 Å². The maximum absolute atomic E-state index is 13.4. The molecule has 0 aliphatic rings. The van der Waals surface area contributed by atoms with Crippen LogP contribution in [-0.2, 0) is 11.4 Å². The van der Waals surface area contributed by atoms with E-state index in [1.54, 1.807) is 17.4 Å². The van der Waals surface area contributed by atoms with Crippen LogP contribution in [0, 0.1) is 5.82 Å². The number of rotatable bonds is 5. The highest BCUT2D eigenvalue weighted by atomic mass is 32.1. The quantitative estimate of drug-likeness (QED) is 0.850. The number of hydrogen-bond acceptors (Lipinski definition) is 3. The van der Waals surface area contributed by atoms with Gasteiger partial charge in [0.15, 0.2) is 0 Å². The van der Waals surface area contributed by atoms with Crippen molar-refractivity contribution in [3.63, 3.8) is 0 Å². The highest BCUT2D eigenvalue weighted by molar-refractivity contribution is 7.07. The molecule has 0 spiro atoms. The standard InChI is InChI=1S/C14H11FO3S/c15-12-5-10(1-2-14(16)17)6-13(7-12)18-8-11-3-4-19-9-11/h1-7,9H,8H2,(H,16,17)/b2-1+. The molecule has 0 aliphatic carbocycles. The summed E-state index contributed by atoms with van der Waals surface area (Å²) >= 11 is 1.56. The van der Waals surface area contributed by atoms with E-state index in [4.69, 9.17) is 9.84 Å². The third-order valence-corrected chi connectivity index (χ3v) is 3.03. The Labute approximate surface area is 113 Å². The van der Waals surface area contributed by atoms with Crippen LogP contribution in [0.3, 0.4) is 0 Å². The van der Waals surface area contributed by atoms with E-state index in [1.165, 1.54) is 18.2 Å². The van der Waals surface area contributed by atoms with E-state index in [9.17, 15) is 9.18 Å². The predicted molar refractivity (Wildman–Crippen MR) is 71.7 cm³/mol. The summed E-state index contributed by atoms with van der Waals surface area (Å²) in [6, 6.07) is 6.03. The van der Waals surface area contributed by atoms with Gasteiger partial charge in [-0.05, 0) is 46.2 Å². The number of carboxylic acids is 1. The first kappa shape index (κ1) is 13.3. The summed E-state index contributed by atoms with van der Waals surface area (Å²) in [5, 5.41) is 12.4. The van der Waals surface area contributed by atoms with Crippen molar-refractivity contribution in [2.24, 2.45) is 0 Å². The maximum Gasteiger partial charge on any atom is 0.328 e. The van der Waals surface area contributed by atoms with Gasteiger partial charge in [0, 0.05) is 12.1 Å². The van der Waals surface area contributed by atoms with Crippen LogP contribution in [0.15, 0.2) is 41.1 Å². The number of carbonyl (C=O) groups is 1. The lowest BCUT2D eigenvalue weighted by atomic mass is 10.2. The van der Waals surface area contributed by atoms with Gasteiger partial charge in [0.05, 0.1) is 0 Å². The first-order valence-electron chi connectivity index (χ1n) is 5.49. The summed E-state index contributed by atoms with van der Waals surface area (Å²) in [5.41, 5.74) is 1.46. The van der Waals surface area contributed by atoms with Crippen LogP contribution in [-0.4, -0.2) is 11.1 Å². The monoisotopic (exact) mass is 278 g/mol. The second-order valence-corrected chi connectivity index (χ2v) is 4.59. The zero-order valence-corrected chi connectivity index (χ0v) is 10.7. The van der Waals surface area contributed by atoms with Gasteiger partial charge in [-0.3, -0.25) is 0 Å². The van der Waals surface area contributed by atoms with E-state index in [0.29, 0.717) is 17.9 Å². The van der Waals surface area contributed by atoms with Gasteiger partial charge in [-0.2, -0.15) is 11.3 Å². The molecule has 19 heavy (non-hydrogen) atoms. The molecule has 0 fully saturated rings. The van der Waals surface area contributed by atoms with E-state index in [-0.39, 0.29) is 0 Å². The number of ether oxygens (including phenoxy) is 1. The van der Waals surface area contributed by atoms with Crippen LogP contribution in [0.4, 0.5) is 4.39 Å². The first-order valence-corrected chi connectivity index (χ1v) is 6.43. The number of hydrogen-bond donors (Lipinski definition) is 1. The fourth-order valence-electron chi connectivity index (χ4n) is 1.47. The number of benzene rings is 1. The molecule has 5 heteroatoms. The van der Waals surface area contributed by atoms with E-state index in [1.807, 2.05) is 16.8 Å². The zero-order valence-electron chi connectivity index (χ0n) is 9.88. The lowest BCUT2D eigenvalue weighted by molar-refractivity contribution is -0.131. The lowest BCUT2D eigenvalue weighted by Crippen LogP contribution is -1.95. The highest BCUT2D eigenvalue weighted by Gasteiger charge is 2.02. The second-order valence-electron chi connectivity index (χ2n) is 3.81. The Morgan fingerprint density at radius 1 is 1.42 bits per heavy atom. The van der Waals surface area contributed by atoms with Gasteiger partial charge < -0.3 is 9.84 Å². The van der Waals surface area contributed by atoms with Gasteiger partial charge >= 0.3 is 5.97 Å². The van der Waals surface area contributed by atoms with Crippen molar-refractivity contribution >= 4 is 23.4 Å². The largest absolute Gasteiger partial charge is 0.489 e. The van der Waals surface area contributed by atoms with E-state index in [0.717, 1.165) is 11.6 Å². The molecule has 1 heterocycles. The normalized spacial score (nSPS) is 10.8. The molecule has 3 nitrogen and oxygen atoms in total. The molecule has 0 unspecified atom stereocenters. The highest BCUT2D eigenvalue weighted by Crippen LogP contribution is 2.19. The SMILES string of the molecule is O=C(O)/C=C/c1cc(F)cc(OCc2ccsc2)c1. The van der Waals surface area contributed by atoms with Crippen LogP contribution in [0.1, 0.15) is 11.1 Å². The Balaban J connectivity index is 2.10. The molecule has 0 saturated heterocycles. The molecule has 1 N–H and O–H groups in total. The Morgan fingerprint density at radius 2 is 2.26 bits per heavy atom. The Morgan fingerprint density at radius 3 is 2.95 bits per heavy atom. The van der Waals surface area contributed by atoms with Gasteiger partial charge in [-0.1, -0.05) is 0 Å². The van der Waals surface area contributed by atoms with Crippen molar-refractivity contribution in [2.75, 3.05) is 0 Å². The number of thiophene rings is 1. The molecule has 98 valence electrons. The van der Waals surface area contributed by atoms with E-state index in [2.05, 4.69) is 0 Å². The van der Waals surface area contributed by atoms with Gasteiger partial charge in [0.1, 0.15) is 18.2 Å². The predicted octanol–water partition coefficient (Wildman–Crippen LogP) is 3.56. The van der Waals surface area contributed by atoms with Crippen molar-refractivity contribution < 1.29 is 19.0 Å². The van der Waals surface area contributed by atoms with Crippen molar-refractivity contribution in [2.45, 2.75) is 6.61 Å². The summed E-state index contributed by atoms with van der Waals surface area (Å²) in [6.45, 7) is 0.356. The van der Waals surface area contributed by atoms with Crippen LogP contribution >= 0.6 is 11.3 Å². The molecule has 0 atom stereocenters. The molecule has 2 rings (SSSR count). The average Bonchev–Trinajstić information content (AvgIpc) is 2.86. The first-order chi connectivity index (χ1) is 9.13. The molecule has 1 aromatic heterocycles. The smallest absolute Gasteiger partial charge is 0.328 e. The summed E-state index contributed by atoms with van der Waals surface area (Å²) in [5.74, 6) is -1.17. The summed E-state index contributed by atoms with van der Waals surface area (Å²) in [6.07, 6.45) is 2.28. The molecule has 0 aliphatic heterocycles. The van der Waals surface area contributed by atoms with E-state index < -0.39 is 11.8 Å². The third-order valence-electron chi connectivity index (χ3n) is 2.30. The molecular formula is C14H11FO3S. The van der Waals surface area contributed by atoms with Crippen LogP contribution < -0.4 is 4.74 Å². The molecule has 0 radical (unpaired) electrons. The average molecular weight is 278 g/mol. The van der Waals surface area contributed by atoms with E-state index >= 15 is 0 Å². The molecule has 0 bridgehead atoms. The molecule has 0 amide bonds. The molecule has 1 aromatic carbocycles. The van der Waals surface area contributed by atoms with Crippen molar-refractivity contribution in [3.05, 3.63) is 58.0 Å². The summed E-state index contributed by atoms with van der Waals surface area (Å²) < 4.78 is 18.8. The Bertz CT molecular complexity index is 591.